The van der Waals surface area contributed by atoms with Crippen molar-refractivity contribution < 1.29 is 15.0 Å². The predicted octanol–water partition coefficient (Wildman–Crippen LogP) is -0.113. The van der Waals surface area contributed by atoms with Gasteiger partial charge in [-0.1, -0.05) is 0 Å². The Morgan fingerprint density at radius 3 is 2.50 bits per heavy atom. The highest BCUT2D eigenvalue weighted by molar-refractivity contribution is 5.71. The Morgan fingerprint density at radius 1 is 1.75 bits per heavy atom. The topological polar surface area (TPSA) is 57.8 Å². The predicted molar refractivity (Wildman–Crippen MR) is 28.4 cm³/mol. The molecule has 0 radical (unpaired) electrons. The van der Waals surface area contributed by atoms with E-state index >= 15 is 0 Å². The fraction of sp³-hybridized carbons (Fsp3) is 0.800. The molecular weight excluding hydrogens is 108 g/mol. The largest absolute Gasteiger partial charge is 0.463 e. The first-order valence-electron chi connectivity index (χ1n) is 2.48. The average Bonchev–Trinajstić information content (AvgIpc) is 1.87. The lowest BCUT2D eigenvalue weighted by molar-refractivity contribution is -0.140. The Labute approximate surface area is 47.9 Å². The zero-order valence-electron chi connectivity index (χ0n) is 4.81. The van der Waals surface area contributed by atoms with Crippen LogP contribution < -0.4 is 0 Å². The van der Waals surface area contributed by atoms with Crippen LogP contribution in [0.4, 0.5) is 0 Å². The molecule has 3 nitrogen and oxygen atoms in total. The van der Waals surface area contributed by atoms with Gasteiger partial charge in [0.2, 0.25) is 0 Å². The maximum Gasteiger partial charge on any atom is 0.306 e. The molecule has 48 valence electrons. The third-order valence-electron chi connectivity index (χ3n) is 1.09. The number of rotatable bonds is 0. The van der Waals surface area contributed by atoms with Crippen molar-refractivity contribution in [1.29, 1.82) is 0 Å². The van der Waals surface area contributed by atoms with Gasteiger partial charge in [-0.25, -0.2) is 0 Å². The van der Waals surface area contributed by atoms with Gasteiger partial charge in [-0.3, -0.25) is 4.79 Å². The van der Waals surface area contributed by atoms with Gasteiger partial charge in [-0.05, 0) is 13.3 Å². The monoisotopic (exact) mass is 118 g/mol. The Balaban J connectivity index is 0.000000490. The SMILES string of the molecule is CC1CCC(=O)O1.O. The van der Waals surface area contributed by atoms with Crippen LogP contribution in [0.5, 0.6) is 0 Å². The highest BCUT2D eigenvalue weighted by Gasteiger charge is 2.17. The summed E-state index contributed by atoms with van der Waals surface area (Å²) in [5, 5.41) is 0. The van der Waals surface area contributed by atoms with Crippen LogP contribution in [-0.4, -0.2) is 17.5 Å². The van der Waals surface area contributed by atoms with Crippen molar-refractivity contribution in [3.63, 3.8) is 0 Å². The van der Waals surface area contributed by atoms with Crippen molar-refractivity contribution in [2.75, 3.05) is 0 Å². The molecule has 1 saturated heterocycles. The number of ether oxygens (including phenoxy) is 1. The second kappa shape index (κ2) is 2.67. The van der Waals surface area contributed by atoms with Gasteiger partial charge >= 0.3 is 5.97 Å². The van der Waals surface area contributed by atoms with E-state index in [1.807, 2.05) is 6.92 Å². The Morgan fingerprint density at radius 2 is 2.38 bits per heavy atom. The molecule has 8 heavy (non-hydrogen) atoms. The summed E-state index contributed by atoms with van der Waals surface area (Å²) in [6.45, 7) is 1.91. The summed E-state index contributed by atoms with van der Waals surface area (Å²) < 4.78 is 4.72. The smallest absolute Gasteiger partial charge is 0.306 e. The summed E-state index contributed by atoms with van der Waals surface area (Å²) in [7, 11) is 0. The van der Waals surface area contributed by atoms with Crippen molar-refractivity contribution in [3.8, 4) is 0 Å². The molecule has 1 atom stereocenters. The lowest BCUT2D eigenvalue weighted by atomic mass is 10.3. The molecule has 1 heterocycles. The highest BCUT2D eigenvalue weighted by Crippen LogP contribution is 2.11. The first kappa shape index (κ1) is 7.43. The minimum atomic E-state index is -0.0486. The lowest BCUT2D eigenvalue weighted by Crippen LogP contribution is -1.98. The van der Waals surface area contributed by atoms with Gasteiger partial charge in [0.25, 0.3) is 0 Å². The van der Waals surface area contributed by atoms with Gasteiger partial charge in [0.1, 0.15) is 0 Å². The maximum atomic E-state index is 10.2. The van der Waals surface area contributed by atoms with Gasteiger partial charge in [-0.15, -0.1) is 0 Å². The molecule has 0 bridgehead atoms. The Kier molecular flexibility index (Phi) is 2.48. The van der Waals surface area contributed by atoms with Crippen molar-refractivity contribution in [1.82, 2.24) is 0 Å². The van der Waals surface area contributed by atoms with Crippen LogP contribution in [-0.2, 0) is 9.53 Å². The Bertz CT molecular complexity index is 89.7. The number of carbonyl (C=O) groups excluding carboxylic acids is 1. The Hall–Kier alpha value is -0.570. The van der Waals surface area contributed by atoms with Gasteiger partial charge < -0.3 is 10.2 Å². The molecule has 1 fully saturated rings. The van der Waals surface area contributed by atoms with Crippen LogP contribution in [0.15, 0.2) is 0 Å². The van der Waals surface area contributed by atoms with E-state index in [9.17, 15) is 4.79 Å². The van der Waals surface area contributed by atoms with E-state index in [4.69, 9.17) is 4.74 Å². The fourth-order valence-electron chi connectivity index (χ4n) is 0.663. The zero-order chi connectivity index (χ0) is 5.28. The first-order chi connectivity index (χ1) is 3.29. The van der Waals surface area contributed by atoms with E-state index in [-0.39, 0.29) is 17.5 Å². The molecule has 0 saturated carbocycles. The third-order valence-corrected chi connectivity index (χ3v) is 1.09. The number of hydrogen-bond donors (Lipinski definition) is 0. The molecule has 2 N–H and O–H groups in total. The zero-order valence-corrected chi connectivity index (χ0v) is 4.81. The van der Waals surface area contributed by atoms with Crippen LogP contribution in [0.3, 0.4) is 0 Å². The van der Waals surface area contributed by atoms with Crippen LogP contribution in [0.1, 0.15) is 19.8 Å². The molecule has 1 unspecified atom stereocenters. The van der Waals surface area contributed by atoms with Gasteiger partial charge in [0, 0.05) is 6.42 Å². The second-order valence-electron chi connectivity index (χ2n) is 1.84. The third kappa shape index (κ3) is 1.50. The summed E-state index contributed by atoms with van der Waals surface area (Å²) in [6, 6.07) is 0. The van der Waals surface area contributed by atoms with Crippen molar-refractivity contribution in [3.05, 3.63) is 0 Å². The standard InChI is InChI=1S/C5H8O2.H2O/c1-4-2-3-5(6)7-4;/h4H,2-3H2,1H3;1H2. The van der Waals surface area contributed by atoms with Crippen molar-refractivity contribution in [2.45, 2.75) is 25.9 Å². The van der Waals surface area contributed by atoms with E-state index in [2.05, 4.69) is 0 Å². The maximum absolute atomic E-state index is 10.2. The second-order valence-corrected chi connectivity index (χ2v) is 1.84. The molecule has 1 aliphatic heterocycles. The number of esters is 1. The van der Waals surface area contributed by atoms with Crippen LogP contribution >= 0.6 is 0 Å². The minimum absolute atomic E-state index is 0. The van der Waals surface area contributed by atoms with Gasteiger partial charge in [-0.2, -0.15) is 0 Å². The minimum Gasteiger partial charge on any atom is -0.463 e. The molecular formula is C5H10O3. The number of cyclic esters (lactones) is 1. The molecule has 0 spiro atoms. The fourth-order valence-corrected chi connectivity index (χ4v) is 0.663. The van der Waals surface area contributed by atoms with E-state index in [1.54, 1.807) is 0 Å². The first-order valence-corrected chi connectivity index (χ1v) is 2.48. The van der Waals surface area contributed by atoms with Gasteiger partial charge in [0.15, 0.2) is 0 Å². The quantitative estimate of drug-likeness (QED) is 0.416. The van der Waals surface area contributed by atoms with Crippen molar-refractivity contribution in [2.24, 2.45) is 0 Å². The average molecular weight is 118 g/mol. The van der Waals surface area contributed by atoms with Crippen molar-refractivity contribution >= 4 is 5.97 Å². The number of carbonyl (C=O) groups is 1. The summed E-state index contributed by atoms with van der Waals surface area (Å²) >= 11 is 0. The molecule has 1 rings (SSSR count). The summed E-state index contributed by atoms with van der Waals surface area (Å²) in [6.07, 6.45) is 1.69. The molecule has 0 aromatic carbocycles. The van der Waals surface area contributed by atoms with Gasteiger partial charge in [0.05, 0.1) is 6.10 Å². The molecule has 0 aliphatic carbocycles. The van der Waals surface area contributed by atoms with E-state index in [0.717, 1.165) is 6.42 Å². The molecule has 0 aromatic heterocycles. The molecule has 0 amide bonds. The summed E-state index contributed by atoms with van der Waals surface area (Å²) in [5.74, 6) is -0.0486. The van der Waals surface area contributed by atoms with E-state index < -0.39 is 0 Å². The molecule has 3 heteroatoms. The molecule has 0 aromatic rings. The van der Waals surface area contributed by atoms with Crippen LogP contribution in [0.25, 0.3) is 0 Å². The van der Waals surface area contributed by atoms with E-state index in [1.165, 1.54) is 0 Å². The number of hydrogen-bond acceptors (Lipinski definition) is 2. The lowest BCUT2D eigenvalue weighted by Gasteiger charge is -1.95. The highest BCUT2D eigenvalue weighted by atomic mass is 16.5. The van der Waals surface area contributed by atoms with Crippen LogP contribution in [0, 0.1) is 0 Å². The van der Waals surface area contributed by atoms with E-state index in [0.29, 0.717) is 6.42 Å². The van der Waals surface area contributed by atoms with Crippen LogP contribution in [0.2, 0.25) is 0 Å². The normalized spacial score (nSPS) is 26.6. The summed E-state index contributed by atoms with van der Waals surface area (Å²) in [5.41, 5.74) is 0. The molecule has 1 aliphatic rings. The summed E-state index contributed by atoms with van der Waals surface area (Å²) in [4.78, 5) is 10.2.